The first kappa shape index (κ1) is 16.1. The van der Waals surface area contributed by atoms with Crippen molar-refractivity contribution in [1.29, 1.82) is 0 Å². The van der Waals surface area contributed by atoms with Crippen LogP contribution in [0.5, 0.6) is 0 Å². The smallest absolute Gasteiger partial charge is 0.407 e. The van der Waals surface area contributed by atoms with Crippen molar-refractivity contribution in [3.8, 4) is 0 Å². The van der Waals surface area contributed by atoms with Gasteiger partial charge in [0.25, 0.3) is 6.43 Å². The summed E-state index contributed by atoms with van der Waals surface area (Å²) in [5, 5.41) is 2.55. The Bertz CT molecular complexity index is 479. The zero-order valence-electron chi connectivity index (χ0n) is 11.8. The van der Waals surface area contributed by atoms with Gasteiger partial charge in [0, 0.05) is 12.1 Å². The van der Waals surface area contributed by atoms with E-state index in [0.717, 1.165) is 0 Å². The van der Waals surface area contributed by atoms with Gasteiger partial charge < -0.3 is 10.1 Å². The second-order valence-electron chi connectivity index (χ2n) is 5.26. The van der Waals surface area contributed by atoms with Crippen molar-refractivity contribution in [2.75, 3.05) is 6.54 Å². The van der Waals surface area contributed by atoms with Gasteiger partial charge in [-0.2, -0.15) is 0 Å². The predicted molar refractivity (Wildman–Crippen MR) is 74.7 cm³/mol. The first-order valence-electron chi connectivity index (χ1n) is 6.29. The van der Waals surface area contributed by atoms with Gasteiger partial charge in [-0.15, -0.1) is 0 Å². The van der Waals surface area contributed by atoms with Gasteiger partial charge >= 0.3 is 6.09 Å². The highest BCUT2D eigenvalue weighted by molar-refractivity contribution is 5.68. The van der Waals surface area contributed by atoms with Gasteiger partial charge in [0.15, 0.2) is 0 Å². The highest BCUT2D eigenvalue weighted by atomic mass is 19.3. The molecular weight excluding hydrogens is 264 g/mol. The predicted octanol–water partition coefficient (Wildman–Crippen LogP) is 4.16. The number of alkyl halides is 2. The quantitative estimate of drug-likeness (QED) is 0.901. The minimum atomic E-state index is -2.48. The van der Waals surface area contributed by atoms with E-state index in [0.29, 0.717) is 5.56 Å². The van der Waals surface area contributed by atoms with E-state index in [4.69, 9.17) is 4.74 Å². The summed E-state index contributed by atoms with van der Waals surface area (Å²) in [6.07, 6.45) is 0.351. The first-order chi connectivity index (χ1) is 9.28. The third kappa shape index (κ3) is 6.31. The number of rotatable bonds is 4. The lowest BCUT2D eigenvalue weighted by atomic mass is 10.1. The molecule has 0 bridgehead atoms. The van der Waals surface area contributed by atoms with E-state index >= 15 is 0 Å². The summed E-state index contributed by atoms with van der Waals surface area (Å²) in [4.78, 5) is 11.3. The minimum Gasteiger partial charge on any atom is -0.444 e. The molecule has 20 heavy (non-hydrogen) atoms. The highest BCUT2D eigenvalue weighted by Crippen LogP contribution is 2.19. The van der Waals surface area contributed by atoms with Crippen molar-refractivity contribution in [3.05, 3.63) is 41.5 Å². The number of ether oxygens (including phenoxy) is 1. The van der Waals surface area contributed by atoms with Crippen LogP contribution in [-0.4, -0.2) is 18.2 Å². The lowest BCUT2D eigenvalue weighted by Gasteiger charge is -2.19. The van der Waals surface area contributed by atoms with Crippen LogP contribution in [0.3, 0.4) is 0 Å². The van der Waals surface area contributed by atoms with Crippen molar-refractivity contribution < 1.29 is 18.3 Å². The van der Waals surface area contributed by atoms with E-state index < -0.39 is 18.1 Å². The molecule has 3 nitrogen and oxygen atoms in total. The Hall–Kier alpha value is -1.91. The van der Waals surface area contributed by atoms with E-state index in [-0.39, 0.29) is 12.1 Å². The Balaban J connectivity index is 2.45. The summed E-state index contributed by atoms with van der Waals surface area (Å²) in [5.74, 6) is 0. The molecule has 5 heteroatoms. The Morgan fingerprint density at radius 1 is 1.40 bits per heavy atom. The van der Waals surface area contributed by atoms with E-state index in [1.807, 2.05) is 0 Å². The molecular formula is C15H19F2NO2. The number of carbonyl (C=O) groups excluding carboxylic acids is 1. The summed E-state index contributed by atoms with van der Waals surface area (Å²) in [6.45, 7) is 5.60. The summed E-state index contributed by atoms with van der Waals surface area (Å²) in [5.41, 5.74) is 0.0976. The van der Waals surface area contributed by atoms with Crippen molar-refractivity contribution in [1.82, 2.24) is 5.32 Å². The lowest BCUT2D eigenvalue weighted by molar-refractivity contribution is 0.0534. The largest absolute Gasteiger partial charge is 0.444 e. The molecule has 1 aromatic carbocycles. The fourth-order valence-electron chi connectivity index (χ4n) is 1.45. The Morgan fingerprint density at radius 2 is 2.10 bits per heavy atom. The van der Waals surface area contributed by atoms with Gasteiger partial charge in [-0.05, 0) is 32.4 Å². The average Bonchev–Trinajstić information content (AvgIpc) is 2.33. The third-order valence-corrected chi connectivity index (χ3v) is 2.24. The molecule has 0 aromatic heterocycles. The summed E-state index contributed by atoms with van der Waals surface area (Å²) in [6, 6.07) is 6.08. The number of alkyl carbamates (subject to hydrolysis) is 1. The molecule has 0 aliphatic heterocycles. The topological polar surface area (TPSA) is 38.3 Å². The molecule has 110 valence electrons. The Labute approximate surface area is 117 Å². The van der Waals surface area contributed by atoms with Crippen molar-refractivity contribution in [3.63, 3.8) is 0 Å². The van der Waals surface area contributed by atoms with Gasteiger partial charge in [-0.25, -0.2) is 13.6 Å². The van der Waals surface area contributed by atoms with Crippen LogP contribution in [0.25, 0.3) is 6.08 Å². The van der Waals surface area contributed by atoms with Gasteiger partial charge in [0.1, 0.15) is 5.60 Å². The molecule has 0 saturated heterocycles. The number of hydrogen-bond acceptors (Lipinski definition) is 2. The molecule has 0 spiro atoms. The average molecular weight is 283 g/mol. The van der Waals surface area contributed by atoms with Gasteiger partial charge in [-0.3, -0.25) is 0 Å². The van der Waals surface area contributed by atoms with Crippen molar-refractivity contribution >= 4 is 12.2 Å². The maximum Gasteiger partial charge on any atom is 0.407 e. The summed E-state index contributed by atoms with van der Waals surface area (Å²) in [7, 11) is 0. The van der Waals surface area contributed by atoms with Crippen LogP contribution in [0.4, 0.5) is 13.6 Å². The minimum absolute atomic E-state index is 0.0211. The number of nitrogens with one attached hydrogen (secondary N) is 1. The molecule has 0 radical (unpaired) electrons. The van der Waals surface area contributed by atoms with Crippen molar-refractivity contribution in [2.45, 2.75) is 32.8 Å². The van der Waals surface area contributed by atoms with Gasteiger partial charge in [0.2, 0.25) is 0 Å². The zero-order chi connectivity index (χ0) is 15.2. The number of amides is 1. The van der Waals surface area contributed by atoms with E-state index in [2.05, 4.69) is 5.32 Å². The van der Waals surface area contributed by atoms with Gasteiger partial charge in [0.05, 0.1) is 0 Å². The molecule has 0 heterocycles. The second-order valence-corrected chi connectivity index (χ2v) is 5.26. The molecule has 0 aliphatic rings. The number of carbonyl (C=O) groups is 1. The molecule has 1 rings (SSSR count). The lowest BCUT2D eigenvalue weighted by Crippen LogP contribution is -2.32. The van der Waals surface area contributed by atoms with Crippen LogP contribution in [-0.2, 0) is 4.74 Å². The monoisotopic (exact) mass is 283 g/mol. The normalized spacial score (nSPS) is 11.9. The molecule has 1 N–H and O–H groups in total. The maximum atomic E-state index is 12.5. The Kier molecular flexibility index (Phi) is 5.67. The Morgan fingerprint density at radius 3 is 2.70 bits per heavy atom. The second kappa shape index (κ2) is 7.03. The van der Waals surface area contributed by atoms with Crippen LogP contribution in [0.15, 0.2) is 30.3 Å². The maximum absolute atomic E-state index is 12.5. The number of benzene rings is 1. The van der Waals surface area contributed by atoms with Crippen LogP contribution in [0.1, 0.15) is 38.3 Å². The van der Waals surface area contributed by atoms with Crippen LogP contribution in [0.2, 0.25) is 0 Å². The van der Waals surface area contributed by atoms with E-state index in [1.165, 1.54) is 12.1 Å². The van der Waals surface area contributed by atoms with E-state index in [1.54, 1.807) is 45.1 Å². The molecule has 0 saturated carbocycles. The fourth-order valence-corrected chi connectivity index (χ4v) is 1.45. The molecule has 0 atom stereocenters. The molecule has 1 aromatic rings. The van der Waals surface area contributed by atoms with Crippen molar-refractivity contribution in [2.24, 2.45) is 0 Å². The summed E-state index contributed by atoms with van der Waals surface area (Å²) < 4.78 is 30.1. The zero-order valence-corrected chi connectivity index (χ0v) is 11.8. The highest BCUT2D eigenvalue weighted by Gasteiger charge is 2.14. The molecule has 0 aliphatic carbocycles. The fraction of sp³-hybridized carbons (Fsp3) is 0.400. The summed E-state index contributed by atoms with van der Waals surface area (Å²) >= 11 is 0. The molecule has 1 amide bonds. The van der Waals surface area contributed by atoms with Crippen LogP contribution >= 0.6 is 0 Å². The SMILES string of the molecule is CC(C)(C)OC(=O)NCC=Cc1cccc(C(F)F)c1. The third-order valence-electron chi connectivity index (χ3n) is 2.24. The number of halogens is 2. The van der Waals surface area contributed by atoms with Gasteiger partial charge in [-0.1, -0.05) is 30.4 Å². The van der Waals surface area contributed by atoms with Crippen LogP contribution < -0.4 is 5.32 Å². The molecule has 0 unspecified atom stereocenters. The first-order valence-corrected chi connectivity index (χ1v) is 6.29. The molecule has 0 fully saturated rings. The number of hydrogen-bond donors (Lipinski definition) is 1. The van der Waals surface area contributed by atoms with Crippen LogP contribution in [0, 0.1) is 0 Å². The van der Waals surface area contributed by atoms with E-state index in [9.17, 15) is 13.6 Å². The standard InChI is InChI=1S/C15H19F2NO2/c1-15(2,3)20-14(19)18-9-5-7-11-6-4-8-12(10-11)13(16)17/h4-8,10,13H,9H2,1-3H3,(H,18,19).